The molecule has 1 aromatic carbocycles. The molecule has 3 fully saturated rings. The maximum Gasteiger partial charge on any atom is 0.277 e. The molecule has 8 heteroatoms. The van der Waals surface area contributed by atoms with Gasteiger partial charge in [-0.25, -0.2) is 10.1 Å². The van der Waals surface area contributed by atoms with E-state index in [1.165, 1.54) is 31.4 Å². The third-order valence-electron chi connectivity index (χ3n) is 7.85. The van der Waals surface area contributed by atoms with Crippen LogP contribution in [-0.4, -0.2) is 46.3 Å². The highest BCUT2D eigenvalue weighted by molar-refractivity contribution is 5.90. The number of piperidine rings is 2. The molecule has 1 saturated carbocycles. The van der Waals surface area contributed by atoms with Crippen LogP contribution in [0.2, 0.25) is 0 Å². The molecule has 33 heavy (non-hydrogen) atoms. The van der Waals surface area contributed by atoms with Crippen LogP contribution in [0, 0.1) is 11.3 Å². The van der Waals surface area contributed by atoms with E-state index in [0.29, 0.717) is 28.1 Å². The van der Waals surface area contributed by atoms with Gasteiger partial charge in [0.2, 0.25) is 5.95 Å². The molecule has 1 aliphatic carbocycles. The number of nitrogens with one attached hydrogen (secondary N) is 2. The van der Waals surface area contributed by atoms with Gasteiger partial charge in [0.1, 0.15) is 16.7 Å². The van der Waals surface area contributed by atoms with Crippen LogP contribution < -0.4 is 20.7 Å². The first-order valence-corrected chi connectivity index (χ1v) is 12.2. The standard InChI is InChI=1S/C25H31N7O/c1-17-6-12-32(13-7-17)24-28-20-16-26-30-23(33)21(20)22(29-24)27-18-2-4-19(5-3-18)31-14-10-25(8-9-25)11-15-31/h2-5,16-17H,6-15H2,1H3,(H,30,33)(H,27,28,29). The van der Waals surface area contributed by atoms with Crippen molar-refractivity contribution in [3.8, 4) is 0 Å². The maximum absolute atomic E-state index is 12.6. The van der Waals surface area contributed by atoms with Crippen LogP contribution in [0.4, 0.5) is 23.1 Å². The predicted molar refractivity (Wildman–Crippen MR) is 131 cm³/mol. The highest BCUT2D eigenvalue weighted by Gasteiger charge is 2.44. The number of anilines is 4. The minimum Gasteiger partial charge on any atom is -0.371 e. The van der Waals surface area contributed by atoms with Gasteiger partial charge < -0.3 is 15.1 Å². The summed E-state index contributed by atoms with van der Waals surface area (Å²) in [7, 11) is 0. The van der Waals surface area contributed by atoms with E-state index >= 15 is 0 Å². The summed E-state index contributed by atoms with van der Waals surface area (Å²) >= 11 is 0. The second kappa shape index (κ2) is 8.01. The van der Waals surface area contributed by atoms with Crippen molar-refractivity contribution in [2.45, 2.75) is 45.4 Å². The highest BCUT2D eigenvalue weighted by Crippen LogP contribution is 2.53. The topological polar surface area (TPSA) is 90.0 Å². The summed E-state index contributed by atoms with van der Waals surface area (Å²) in [4.78, 5) is 26.7. The Hall–Kier alpha value is -3.16. The molecule has 3 aromatic rings. The summed E-state index contributed by atoms with van der Waals surface area (Å²) in [5, 5.41) is 10.3. The zero-order valence-corrected chi connectivity index (χ0v) is 19.2. The summed E-state index contributed by atoms with van der Waals surface area (Å²) in [5.41, 5.74) is 3.12. The maximum atomic E-state index is 12.6. The molecule has 3 aliphatic rings. The predicted octanol–water partition coefficient (Wildman–Crippen LogP) is 4.07. The lowest BCUT2D eigenvalue weighted by molar-refractivity contribution is 0.384. The quantitative estimate of drug-likeness (QED) is 0.625. The molecule has 1 spiro atoms. The Kier molecular flexibility index (Phi) is 4.96. The van der Waals surface area contributed by atoms with E-state index in [1.807, 2.05) is 0 Å². The van der Waals surface area contributed by atoms with Gasteiger partial charge in [-0.2, -0.15) is 10.1 Å². The fraction of sp³-hybridized carbons (Fsp3) is 0.520. The fourth-order valence-electron chi connectivity index (χ4n) is 5.24. The first kappa shape index (κ1) is 20.4. The summed E-state index contributed by atoms with van der Waals surface area (Å²) < 4.78 is 0. The minimum absolute atomic E-state index is 0.284. The number of rotatable bonds is 4. The molecule has 0 radical (unpaired) electrons. The number of nitrogens with zero attached hydrogens (tertiary/aromatic N) is 5. The van der Waals surface area contributed by atoms with E-state index in [9.17, 15) is 4.79 Å². The van der Waals surface area contributed by atoms with Crippen LogP contribution in [0.15, 0.2) is 35.3 Å². The van der Waals surface area contributed by atoms with Crippen molar-refractivity contribution >= 4 is 34.0 Å². The summed E-state index contributed by atoms with van der Waals surface area (Å²) in [6.07, 6.45) is 9.32. The lowest BCUT2D eigenvalue weighted by Crippen LogP contribution is -2.34. The largest absolute Gasteiger partial charge is 0.371 e. The van der Waals surface area contributed by atoms with Crippen LogP contribution in [0.1, 0.15) is 45.4 Å². The number of fused-ring (bicyclic) bond motifs is 1. The molecule has 0 amide bonds. The van der Waals surface area contributed by atoms with Crippen molar-refractivity contribution in [1.82, 2.24) is 20.2 Å². The molecule has 6 rings (SSSR count). The second-order valence-electron chi connectivity index (χ2n) is 10.2. The van der Waals surface area contributed by atoms with Gasteiger partial charge in [-0.05, 0) is 74.1 Å². The van der Waals surface area contributed by atoms with Crippen LogP contribution in [-0.2, 0) is 0 Å². The van der Waals surface area contributed by atoms with E-state index in [1.54, 1.807) is 6.20 Å². The van der Waals surface area contributed by atoms with E-state index in [2.05, 4.69) is 61.5 Å². The number of hydrogen-bond donors (Lipinski definition) is 2. The lowest BCUT2D eigenvalue weighted by atomic mass is 9.93. The van der Waals surface area contributed by atoms with E-state index in [4.69, 9.17) is 4.98 Å². The molecule has 2 aromatic heterocycles. The molecule has 8 nitrogen and oxygen atoms in total. The second-order valence-corrected chi connectivity index (χ2v) is 10.2. The Labute approximate surface area is 193 Å². The number of aromatic amines is 1. The minimum atomic E-state index is -0.284. The molecule has 2 saturated heterocycles. The monoisotopic (exact) mass is 445 g/mol. The third kappa shape index (κ3) is 4.03. The van der Waals surface area contributed by atoms with Crippen LogP contribution in [0.25, 0.3) is 10.9 Å². The number of hydrogen-bond acceptors (Lipinski definition) is 7. The molecule has 2 N–H and O–H groups in total. The third-order valence-corrected chi connectivity index (χ3v) is 7.85. The smallest absolute Gasteiger partial charge is 0.277 e. The fourth-order valence-corrected chi connectivity index (χ4v) is 5.24. The average Bonchev–Trinajstić information content (AvgIpc) is 3.59. The molecule has 4 heterocycles. The Morgan fingerprint density at radius 3 is 2.39 bits per heavy atom. The Morgan fingerprint density at radius 2 is 1.70 bits per heavy atom. The van der Waals surface area contributed by atoms with Gasteiger partial charge in [0, 0.05) is 37.6 Å². The Balaban J connectivity index is 1.26. The normalized spacial score (nSPS) is 20.4. The number of H-pyrrole nitrogens is 1. The van der Waals surface area contributed by atoms with Gasteiger partial charge in [-0.3, -0.25) is 4.79 Å². The zero-order chi connectivity index (χ0) is 22.4. The van der Waals surface area contributed by atoms with Crippen molar-refractivity contribution in [2.75, 3.05) is 41.3 Å². The van der Waals surface area contributed by atoms with Gasteiger partial charge in [0.05, 0.1) is 6.20 Å². The molecular formula is C25H31N7O. The van der Waals surface area contributed by atoms with Crippen molar-refractivity contribution in [3.05, 3.63) is 40.8 Å². The van der Waals surface area contributed by atoms with E-state index in [-0.39, 0.29) is 5.56 Å². The Bertz CT molecular complexity index is 1200. The van der Waals surface area contributed by atoms with Crippen LogP contribution in [0.3, 0.4) is 0 Å². The summed E-state index contributed by atoms with van der Waals surface area (Å²) in [6.45, 7) is 6.42. The van der Waals surface area contributed by atoms with Crippen molar-refractivity contribution in [1.29, 1.82) is 0 Å². The van der Waals surface area contributed by atoms with Gasteiger partial charge in [0.25, 0.3) is 5.56 Å². The first-order valence-electron chi connectivity index (χ1n) is 12.2. The summed E-state index contributed by atoms with van der Waals surface area (Å²) in [6, 6.07) is 8.47. The van der Waals surface area contributed by atoms with Crippen LogP contribution >= 0.6 is 0 Å². The lowest BCUT2D eigenvalue weighted by Gasteiger charge is -2.34. The number of aromatic nitrogens is 4. The van der Waals surface area contributed by atoms with Crippen molar-refractivity contribution in [2.24, 2.45) is 11.3 Å². The van der Waals surface area contributed by atoms with Gasteiger partial charge in [-0.1, -0.05) is 6.92 Å². The zero-order valence-electron chi connectivity index (χ0n) is 19.2. The molecule has 172 valence electrons. The van der Waals surface area contributed by atoms with Crippen LogP contribution in [0.5, 0.6) is 0 Å². The summed E-state index contributed by atoms with van der Waals surface area (Å²) in [5.74, 6) is 1.90. The van der Waals surface area contributed by atoms with Gasteiger partial charge in [0.15, 0.2) is 0 Å². The molecular weight excluding hydrogens is 414 g/mol. The van der Waals surface area contributed by atoms with Crippen molar-refractivity contribution < 1.29 is 0 Å². The van der Waals surface area contributed by atoms with Gasteiger partial charge in [-0.15, -0.1) is 0 Å². The van der Waals surface area contributed by atoms with Gasteiger partial charge >= 0.3 is 0 Å². The SMILES string of the molecule is CC1CCN(c2nc(Nc3ccc(N4CCC5(CC4)CC5)cc3)c3c(=O)[nH]ncc3n2)CC1. The number of benzene rings is 1. The van der Waals surface area contributed by atoms with Crippen molar-refractivity contribution in [3.63, 3.8) is 0 Å². The van der Waals surface area contributed by atoms with E-state index < -0.39 is 0 Å². The Morgan fingerprint density at radius 1 is 0.970 bits per heavy atom. The molecule has 0 bridgehead atoms. The van der Waals surface area contributed by atoms with E-state index in [0.717, 1.165) is 50.6 Å². The first-order chi connectivity index (χ1) is 16.1. The molecule has 2 aliphatic heterocycles. The molecule has 0 unspecified atom stereocenters. The average molecular weight is 446 g/mol. The molecule has 0 atom stereocenters. The highest BCUT2D eigenvalue weighted by atomic mass is 16.1.